The number of nitrogens with zero attached hydrogens (tertiary/aromatic N) is 2. The number of benzene rings is 1. The maximum atomic E-state index is 11.1. The minimum absolute atomic E-state index is 0.218. The third kappa shape index (κ3) is 5.79. The summed E-state index contributed by atoms with van der Waals surface area (Å²) in [6, 6.07) is 12.0. The van der Waals surface area contributed by atoms with Crippen LogP contribution in [-0.2, 0) is 16.0 Å². The van der Waals surface area contributed by atoms with E-state index in [2.05, 4.69) is 14.6 Å². The first-order valence-corrected chi connectivity index (χ1v) is 10.8. The van der Waals surface area contributed by atoms with Gasteiger partial charge in [0.15, 0.2) is 0 Å². The molecule has 2 heterocycles. The number of esters is 1. The van der Waals surface area contributed by atoms with Crippen LogP contribution in [0.25, 0.3) is 17.5 Å². The molecule has 0 aliphatic carbocycles. The van der Waals surface area contributed by atoms with E-state index in [1.54, 1.807) is 0 Å². The lowest BCUT2D eigenvalue weighted by Crippen LogP contribution is -2.07. The molecule has 0 amide bonds. The Hall–Kier alpha value is -2.93. The SMILES string of the molecule is COC(=O)CSC/C=C/c1ccc(Cc2nc(-c3ccc(N(C)C)cc3)oc2C)o1. The third-order valence-electron chi connectivity index (χ3n) is 4.49. The van der Waals surface area contributed by atoms with E-state index in [1.165, 1.54) is 18.9 Å². The first-order chi connectivity index (χ1) is 14.5. The fourth-order valence-electron chi connectivity index (χ4n) is 2.80. The average molecular weight is 427 g/mol. The highest BCUT2D eigenvalue weighted by Gasteiger charge is 2.14. The van der Waals surface area contributed by atoms with Gasteiger partial charge in [-0.15, -0.1) is 11.8 Å². The number of hydrogen-bond acceptors (Lipinski definition) is 7. The molecule has 3 aromatic rings. The van der Waals surface area contributed by atoms with Crippen LogP contribution < -0.4 is 4.90 Å². The molecule has 3 rings (SSSR count). The highest BCUT2D eigenvalue weighted by molar-refractivity contribution is 8.00. The summed E-state index contributed by atoms with van der Waals surface area (Å²) in [7, 11) is 5.41. The number of aromatic nitrogens is 1. The second kappa shape index (κ2) is 10.2. The van der Waals surface area contributed by atoms with Crippen LogP contribution in [0.3, 0.4) is 0 Å². The van der Waals surface area contributed by atoms with Crippen molar-refractivity contribution in [3.05, 3.63) is 65.4 Å². The van der Waals surface area contributed by atoms with Gasteiger partial charge in [-0.05, 0) is 49.4 Å². The number of rotatable bonds is 9. The van der Waals surface area contributed by atoms with E-state index in [1.807, 2.05) is 69.6 Å². The van der Waals surface area contributed by atoms with Gasteiger partial charge in [0.1, 0.15) is 17.3 Å². The number of methoxy groups -OCH3 is 1. The Morgan fingerprint density at radius 3 is 2.63 bits per heavy atom. The topological polar surface area (TPSA) is 68.7 Å². The van der Waals surface area contributed by atoms with Gasteiger partial charge in [-0.1, -0.05) is 6.08 Å². The Kier molecular flexibility index (Phi) is 7.41. The van der Waals surface area contributed by atoms with Gasteiger partial charge in [0, 0.05) is 31.1 Å². The normalized spacial score (nSPS) is 11.2. The molecule has 0 saturated carbocycles. The smallest absolute Gasteiger partial charge is 0.315 e. The molecular formula is C23H26N2O4S. The number of furan rings is 1. The molecule has 30 heavy (non-hydrogen) atoms. The third-order valence-corrected chi connectivity index (χ3v) is 5.36. The minimum Gasteiger partial charge on any atom is -0.468 e. The zero-order chi connectivity index (χ0) is 21.5. The largest absolute Gasteiger partial charge is 0.468 e. The molecule has 0 radical (unpaired) electrons. The van der Waals surface area contributed by atoms with Gasteiger partial charge in [0.25, 0.3) is 0 Å². The first kappa shape index (κ1) is 21.8. The lowest BCUT2D eigenvalue weighted by molar-refractivity contribution is -0.137. The molecule has 0 saturated heterocycles. The molecule has 0 spiro atoms. The number of oxazole rings is 1. The summed E-state index contributed by atoms with van der Waals surface area (Å²) in [5.41, 5.74) is 2.93. The average Bonchev–Trinajstić information content (AvgIpc) is 3.34. The van der Waals surface area contributed by atoms with Crippen molar-refractivity contribution >= 4 is 29.5 Å². The Balaban J connectivity index is 1.60. The Labute approximate surface area is 180 Å². The van der Waals surface area contributed by atoms with Crippen molar-refractivity contribution in [2.75, 3.05) is 37.6 Å². The van der Waals surface area contributed by atoms with E-state index in [4.69, 9.17) is 8.83 Å². The summed E-state index contributed by atoms with van der Waals surface area (Å²) in [6.45, 7) is 1.92. The summed E-state index contributed by atoms with van der Waals surface area (Å²) in [6.07, 6.45) is 4.43. The van der Waals surface area contributed by atoms with Gasteiger partial charge >= 0.3 is 5.97 Å². The van der Waals surface area contributed by atoms with E-state index < -0.39 is 0 Å². The van der Waals surface area contributed by atoms with Crippen molar-refractivity contribution in [3.8, 4) is 11.5 Å². The highest BCUT2D eigenvalue weighted by Crippen LogP contribution is 2.25. The van der Waals surface area contributed by atoms with Crippen LogP contribution in [0.4, 0.5) is 5.69 Å². The Bertz CT molecular complexity index is 1000. The van der Waals surface area contributed by atoms with Crippen LogP contribution in [-0.4, -0.2) is 43.7 Å². The molecular weight excluding hydrogens is 400 g/mol. The molecule has 1 aromatic carbocycles. The zero-order valence-corrected chi connectivity index (χ0v) is 18.5. The van der Waals surface area contributed by atoms with Gasteiger partial charge in [-0.2, -0.15) is 0 Å². The number of hydrogen-bond donors (Lipinski definition) is 0. The number of aryl methyl sites for hydroxylation is 1. The summed E-state index contributed by atoms with van der Waals surface area (Å²) >= 11 is 1.49. The first-order valence-electron chi connectivity index (χ1n) is 9.60. The number of thioether (sulfide) groups is 1. The van der Waals surface area contributed by atoms with Crippen LogP contribution in [0.1, 0.15) is 23.0 Å². The molecule has 6 nitrogen and oxygen atoms in total. The van der Waals surface area contributed by atoms with Crippen molar-refractivity contribution in [3.63, 3.8) is 0 Å². The molecule has 0 aliphatic rings. The van der Waals surface area contributed by atoms with Gasteiger partial charge in [-0.25, -0.2) is 4.98 Å². The summed E-state index contributed by atoms with van der Waals surface area (Å²) in [5, 5.41) is 0. The number of carbonyl (C=O) groups excluding carboxylic acids is 1. The lowest BCUT2D eigenvalue weighted by atomic mass is 10.2. The van der Waals surface area contributed by atoms with Gasteiger partial charge in [-0.3, -0.25) is 4.79 Å². The van der Waals surface area contributed by atoms with E-state index in [-0.39, 0.29) is 5.97 Å². The fraction of sp³-hybridized carbons (Fsp3) is 0.304. The molecule has 0 fully saturated rings. The quantitative estimate of drug-likeness (QED) is 0.359. The lowest BCUT2D eigenvalue weighted by Gasteiger charge is -2.11. The monoisotopic (exact) mass is 426 g/mol. The summed E-state index contributed by atoms with van der Waals surface area (Å²) in [5.74, 6) is 3.83. The molecule has 7 heteroatoms. The van der Waals surface area contributed by atoms with Crippen LogP contribution >= 0.6 is 11.8 Å². The molecule has 0 N–H and O–H groups in total. The molecule has 0 unspecified atom stereocenters. The van der Waals surface area contributed by atoms with Gasteiger partial charge in [0.2, 0.25) is 5.89 Å². The van der Waals surface area contributed by atoms with E-state index in [0.29, 0.717) is 23.8 Å². The molecule has 0 aliphatic heterocycles. The summed E-state index contributed by atoms with van der Waals surface area (Å²) < 4.78 is 16.4. The van der Waals surface area contributed by atoms with Gasteiger partial charge < -0.3 is 18.5 Å². The predicted molar refractivity (Wildman–Crippen MR) is 121 cm³/mol. The van der Waals surface area contributed by atoms with E-state index in [9.17, 15) is 4.79 Å². The standard InChI is InChI=1S/C23H26N2O4S/c1-16-21(24-23(28-16)17-7-9-18(10-8-17)25(2)3)14-20-12-11-19(29-20)6-5-13-30-15-22(26)27-4/h5-12H,13-15H2,1-4H3/b6-5+. The van der Waals surface area contributed by atoms with Crippen molar-refractivity contribution in [2.45, 2.75) is 13.3 Å². The maximum absolute atomic E-state index is 11.1. The van der Waals surface area contributed by atoms with Crippen molar-refractivity contribution < 1.29 is 18.4 Å². The van der Waals surface area contributed by atoms with Crippen molar-refractivity contribution in [1.82, 2.24) is 4.98 Å². The minimum atomic E-state index is -0.218. The van der Waals surface area contributed by atoms with Gasteiger partial charge in [0.05, 0.1) is 25.0 Å². The number of anilines is 1. The van der Waals surface area contributed by atoms with E-state index >= 15 is 0 Å². The molecule has 2 aromatic heterocycles. The molecule has 158 valence electrons. The predicted octanol–water partition coefficient (Wildman–Crippen LogP) is 4.82. The van der Waals surface area contributed by atoms with Crippen LogP contribution in [0.2, 0.25) is 0 Å². The summed E-state index contributed by atoms with van der Waals surface area (Å²) in [4.78, 5) is 17.8. The van der Waals surface area contributed by atoms with Crippen molar-refractivity contribution in [2.24, 2.45) is 0 Å². The molecule has 0 atom stereocenters. The number of carbonyl (C=O) groups is 1. The van der Waals surface area contributed by atoms with Crippen molar-refractivity contribution in [1.29, 1.82) is 0 Å². The fourth-order valence-corrected chi connectivity index (χ4v) is 3.43. The zero-order valence-electron chi connectivity index (χ0n) is 17.7. The maximum Gasteiger partial charge on any atom is 0.315 e. The second-order valence-electron chi connectivity index (χ2n) is 6.94. The van der Waals surface area contributed by atoms with E-state index in [0.717, 1.165) is 34.2 Å². The Morgan fingerprint density at radius 2 is 1.93 bits per heavy atom. The van der Waals surface area contributed by atoms with Crippen LogP contribution in [0.15, 0.2) is 51.3 Å². The molecule has 0 bridgehead atoms. The van der Waals surface area contributed by atoms with Crippen LogP contribution in [0.5, 0.6) is 0 Å². The van der Waals surface area contributed by atoms with Crippen LogP contribution in [0, 0.1) is 6.92 Å². The number of ether oxygens (including phenoxy) is 1. The highest BCUT2D eigenvalue weighted by atomic mass is 32.2. The second-order valence-corrected chi connectivity index (χ2v) is 7.97. The Morgan fingerprint density at radius 1 is 1.17 bits per heavy atom.